The lowest BCUT2D eigenvalue weighted by Crippen LogP contribution is -2.69. The third kappa shape index (κ3) is 17.8. The summed E-state index contributed by atoms with van der Waals surface area (Å²) in [6, 6.07) is 3.36. The van der Waals surface area contributed by atoms with Gasteiger partial charge in [0.1, 0.15) is 0 Å². The van der Waals surface area contributed by atoms with Gasteiger partial charge in [-0.1, -0.05) is 77.0 Å². The van der Waals surface area contributed by atoms with Gasteiger partial charge in [-0.2, -0.15) is 0 Å². The predicted molar refractivity (Wildman–Crippen MR) is 269 cm³/mol. The fourth-order valence-electron chi connectivity index (χ4n) is 10.4. The van der Waals surface area contributed by atoms with Crippen LogP contribution in [0.4, 0.5) is 0 Å². The van der Waals surface area contributed by atoms with Gasteiger partial charge in [-0.05, 0) is 139 Å². The molecule has 4 N–H and O–H groups in total. The first kappa shape index (κ1) is 54.6. The fraction of sp³-hybridized carbons (Fsp3) is 0.958. The first-order chi connectivity index (χ1) is 30.2. The largest absolute Gasteiger partial charge is 0.501 e. The topological polar surface area (TPSA) is 128 Å². The molecule has 63 heavy (non-hydrogen) atoms. The Labute approximate surface area is 389 Å². The zero-order valence-electron chi connectivity index (χ0n) is 42.4. The number of hydrogen-bond donors (Lipinski definition) is 4. The van der Waals surface area contributed by atoms with Crippen molar-refractivity contribution in [1.82, 2.24) is 21.3 Å². The Morgan fingerprint density at radius 2 is 0.873 bits per heavy atom. The van der Waals surface area contributed by atoms with E-state index in [-0.39, 0.29) is 0 Å². The lowest BCUT2D eigenvalue weighted by molar-refractivity contribution is 0.000941. The summed E-state index contributed by atoms with van der Waals surface area (Å²) in [6.45, 7) is 25.4. The van der Waals surface area contributed by atoms with E-state index in [2.05, 4.69) is 89.8 Å². The van der Waals surface area contributed by atoms with Crippen molar-refractivity contribution < 1.29 is 26.6 Å². The van der Waals surface area contributed by atoms with Crippen molar-refractivity contribution in [3.05, 3.63) is 0 Å². The van der Waals surface area contributed by atoms with Crippen LogP contribution in [0.1, 0.15) is 197 Å². The molecule has 0 aromatic carbocycles. The standard InChI is InChI=1S/C48H98N6O6Si3/c1-11-55-62(56-12-2,39-27-37-49-45(51-41-29-19-15-20-30-41)52-42-31-21-16-22-32-42)48(7,8)59-61(9,10)47(5,6)60-63(57-13-3,58-14-4)40-28-38-50-46(53-43-33-23-17-24-34-43)54-44-35-25-18-26-36-44/h41-44H,11-40H2,1-10H3,(H2,49,51,52)(H2,50,53,54). The summed E-state index contributed by atoms with van der Waals surface area (Å²) in [7, 11) is -8.78. The maximum atomic E-state index is 7.49. The highest BCUT2D eigenvalue weighted by Gasteiger charge is 2.59. The second kappa shape index (κ2) is 27.7. The monoisotopic (exact) mass is 939 g/mol. The Morgan fingerprint density at radius 1 is 0.492 bits per heavy atom. The molecule has 0 atom stereocenters. The summed E-state index contributed by atoms with van der Waals surface area (Å²) in [5.74, 6) is 1.98. The molecule has 0 bridgehead atoms. The molecule has 4 aliphatic carbocycles. The summed E-state index contributed by atoms with van der Waals surface area (Å²) in [4.78, 5) is 10.5. The van der Waals surface area contributed by atoms with Gasteiger partial charge in [0.05, 0.1) is 22.5 Å². The zero-order valence-corrected chi connectivity index (χ0v) is 45.4. The van der Waals surface area contributed by atoms with Crippen LogP contribution < -0.4 is 21.3 Å². The van der Waals surface area contributed by atoms with E-state index in [0.717, 1.165) is 43.9 Å². The van der Waals surface area contributed by atoms with Crippen LogP contribution in [-0.4, -0.2) is 112 Å². The minimum Gasteiger partial charge on any atom is -0.407 e. The third-order valence-electron chi connectivity index (χ3n) is 14.4. The number of nitrogens with zero attached hydrogens (tertiary/aromatic N) is 2. The third-order valence-corrected chi connectivity index (χ3v) is 26.5. The maximum Gasteiger partial charge on any atom is 0.501 e. The van der Waals surface area contributed by atoms with Crippen LogP contribution in [0.3, 0.4) is 0 Å². The zero-order chi connectivity index (χ0) is 45.7. The van der Waals surface area contributed by atoms with Gasteiger partial charge >= 0.3 is 17.4 Å². The van der Waals surface area contributed by atoms with Crippen molar-refractivity contribution in [2.45, 2.75) is 256 Å². The fourth-order valence-corrected chi connectivity index (χ4v) is 20.8. The second-order valence-corrected chi connectivity index (χ2v) is 31.3. The minimum absolute atomic E-state index is 0.411. The highest BCUT2D eigenvalue weighted by atomic mass is 28.4. The second-order valence-electron chi connectivity index (χ2n) is 20.5. The molecule has 4 rings (SSSR count). The summed E-state index contributed by atoms with van der Waals surface area (Å²) >= 11 is 0. The van der Waals surface area contributed by atoms with Crippen molar-refractivity contribution >= 4 is 37.6 Å². The smallest absolute Gasteiger partial charge is 0.407 e. The summed E-state index contributed by atoms with van der Waals surface area (Å²) in [5.41, 5.74) is 0. The van der Waals surface area contributed by atoms with E-state index in [1.165, 1.54) is 128 Å². The van der Waals surface area contributed by atoms with E-state index in [4.69, 9.17) is 36.5 Å². The molecule has 0 spiro atoms. The summed E-state index contributed by atoms with van der Waals surface area (Å²) in [6.07, 6.45) is 27.1. The first-order valence-electron chi connectivity index (χ1n) is 26.3. The van der Waals surface area contributed by atoms with Gasteiger partial charge in [0.15, 0.2) is 11.9 Å². The molecule has 12 nitrogen and oxygen atoms in total. The van der Waals surface area contributed by atoms with Gasteiger partial charge in [0.2, 0.25) is 8.32 Å². The molecule has 0 aromatic rings. The van der Waals surface area contributed by atoms with Gasteiger partial charge in [-0.3, -0.25) is 0 Å². The number of guanidine groups is 2. The molecule has 15 heteroatoms. The lowest BCUT2D eigenvalue weighted by Gasteiger charge is -2.51. The van der Waals surface area contributed by atoms with E-state index in [1.807, 2.05) is 0 Å². The molecular formula is C48H98N6O6Si3. The van der Waals surface area contributed by atoms with Crippen molar-refractivity contribution in [2.24, 2.45) is 9.98 Å². The highest BCUT2D eigenvalue weighted by Crippen LogP contribution is 2.40. The number of aliphatic imine (C=N–C) groups is 2. The van der Waals surface area contributed by atoms with Crippen LogP contribution in [0.2, 0.25) is 25.2 Å². The molecule has 0 saturated heterocycles. The molecule has 0 amide bonds. The molecule has 0 aliphatic heterocycles. The molecule has 0 unspecified atom stereocenters. The molecule has 4 saturated carbocycles. The van der Waals surface area contributed by atoms with Crippen LogP contribution in [-0.2, 0) is 26.6 Å². The summed E-state index contributed by atoms with van der Waals surface area (Å²) < 4.78 is 41.7. The lowest BCUT2D eigenvalue weighted by atomic mass is 9.95. The van der Waals surface area contributed by atoms with Crippen LogP contribution in [0.5, 0.6) is 0 Å². The maximum absolute atomic E-state index is 7.49. The highest BCUT2D eigenvalue weighted by molar-refractivity contribution is 6.78. The van der Waals surface area contributed by atoms with Crippen molar-refractivity contribution in [1.29, 1.82) is 0 Å². The SMILES string of the molecule is CCO[Si](CCCN/C(=N\C1CCCCC1)NC1CCCCC1)(OCC)OC(C)(C)[Si](C)(C)OC(C)(C)[Si](CCCN/C(=N\C1CCCCC1)NC1CCCCC1)(OCC)OCC. The number of hydrogen-bond acceptors (Lipinski definition) is 8. The minimum atomic E-state index is -3.14. The molecule has 0 heterocycles. The van der Waals surface area contributed by atoms with Crippen molar-refractivity contribution in [2.75, 3.05) is 39.5 Å². The Balaban J connectivity index is 1.44. The van der Waals surface area contributed by atoms with Crippen LogP contribution in [0.25, 0.3) is 0 Å². The van der Waals surface area contributed by atoms with E-state index in [0.29, 0.717) is 56.6 Å². The quantitative estimate of drug-likeness (QED) is 0.0288. The first-order valence-corrected chi connectivity index (χ1v) is 33.2. The predicted octanol–water partition coefficient (Wildman–Crippen LogP) is 10.6. The van der Waals surface area contributed by atoms with Gasteiger partial charge in [0.25, 0.3) is 0 Å². The van der Waals surface area contributed by atoms with E-state index >= 15 is 0 Å². The van der Waals surface area contributed by atoms with Crippen molar-refractivity contribution in [3.63, 3.8) is 0 Å². The average Bonchev–Trinajstić information content (AvgIpc) is 3.25. The molecule has 4 fully saturated rings. The van der Waals surface area contributed by atoms with Gasteiger partial charge in [-0.25, -0.2) is 9.98 Å². The Hall–Kier alpha value is -1.05. The Morgan fingerprint density at radius 3 is 1.27 bits per heavy atom. The van der Waals surface area contributed by atoms with E-state index < -0.39 is 36.1 Å². The van der Waals surface area contributed by atoms with Gasteiger partial charge in [-0.15, -0.1) is 0 Å². The molecule has 0 radical (unpaired) electrons. The van der Waals surface area contributed by atoms with E-state index in [9.17, 15) is 0 Å². The number of nitrogens with one attached hydrogen (secondary N) is 4. The molecule has 368 valence electrons. The molecule has 0 aromatic heterocycles. The summed E-state index contributed by atoms with van der Waals surface area (Å²) in [5, 5.41) is 13.9. The molecule has 4 aliphatic rings. The normalized spacial score (nSPS) is 20.5. The average molecular weight is 940 g/mol. The molecular weight excluding hydrogens is 841 g/mol. The van der Waals surface area contributed by atoms with Crippen LogP contribution in [0, 0.1) is 0 Å². The Bertz CT molecular complexity index is 1310. The number of rotatable bonds is 26. The van der Waals surface area contributed by atoms with Crippen LogP contribution in [0.15, 0.2) is 9.98 Å². The van der Waals surface area contributed by atoms with Crippen molar-refractivity contribution in [3.8, 4) is 0 Å². The van der Waals surface area contributed by atoms with Gasteiger partial charge in [0, 0.05) is 57.6 Å². The van der Waals surface area contributed by atoms with Gasteiger partial charge < -0.3 is 47.8 Å². The van der Waals surface area contributed by atoms with E-state index in [1.54, 1.807) is 0 Å². The van der Waals surface area contributed by atoms with Crippen LogP contribution >= 0.6 is 0 Å². The Kier molecular flexibility index (Phi) is 24.0.